The van der Waals surface area contributed by atoms with E-state index in [0.717, 1.165) is 0 Å². The lowest BCUT2D eigenvalue weighted by molar-refractivity contribution is -0.136. The van der Waals surface area contributed by atoms with Gasteiger partial charge in [-0.3, -0.25) is 9.59 Å². The zero-order valence-electron chi connectivity index (χ0n) is 8.93. The molecule has 1 unspecified atom stereocenters. The van der Waals surface area contributed by atoms with Crippen LogP contribution < -0.4 is 11.1 Å². The fourth-order valence-corrected chi connectivity index (χ4v) is 1.14. The molecule has 0 saturated carbocycles. The van der Waals surface area contributed by atoms with Crippen molar-refractivity contribution in [1.29, 1.82) is 0 Å². The van der Waals surface area contributed by atoms with Crippen LogP contribution in [-0.2, 0) is 16.0 Å². The number of benzene rings is 1. The zero-order valence-corrected chi connectivity index (χ0v) is 8.93. The van der Waals surface area contributed by atoms with Crippen LogP contribution in [0.25, 0.3) is 0 Å². The standard InChI is InChI=1S/C11H14N2O3/c1-7(12)11(16)13-9-4-2-8(3-5-9)6-10(14)15/h2-5,7H,6,12H2,1H3,(H,13,16)(H,14,15). The van der Waals surface area contributed by atoms with Crippen LogP contribution >= 0.6 is 0 Å². The Morgan fingerprint density at radius 1 is 1.38 bits per heavy atom. The molecule has 5 heteroatoms. The van der Waals surface area contributed by atoms with Crippen LogP contribution in [0.1, 0.15) is 12.5 Å². The van der Waals surface area contributed by atoms with Crippen LogP contribution in [-0.4, -0.2) is 23.0 Å². The molecular weight excluding hydrogens is 208 g/mol. The van der Waals surface area contributed by atoms with Crippen LogP contribution in [0.5, 0.6) is 0 Å². The lowest BCUT2D eigenvalue weighted by Crippen LogP contribution is -2.32. The highest BCUT2D eigenvalue weighted by Gasteiger charge is 2.07. The first-order valence-electron chi connectivity index (χ1n) is 4.86. The highest BCUT2D eigenvalue weighted by Crippen LogP contribution is 2.10. The van der Waals surface area contributed by atoms with Crippen LogP contribution in [0.2, 0.25) is 0 Å². The molecule has 0 aliphatic carbocycles. The first-order valence-corrected chi connectivity index (χ1v) is 4.86. The molecule has 0 aliphatic rings. The van der Waals surface area contributed by atoms with Gasteiger partial charge < -0.3 is 16.2 Å². The largest absolute Gasteiger partial charge is 0.481 e. The Bertz CT molecular complexity index is 385. The maximum atomic E-state index is 11.2. The monoisotopic (exact) mass is 222 g/mol. The highest BCUT2D eigenvalue weighted by molar-refractivity contribution is 5.94. The van der Waals surface area contributed by atoms with E-state index in [1.165, 1.54) is 0 Å². The lowest BCUT2D eigenvalue weighted by atomic mass is 10.1. The molecule has 1 rings (SSSR count). The molecule has 0 spiro atoms. The van der Waals surface area contributed by atoms with Gasteiger partial charge in [0.2, 0.25) is 5.91 Å². The number of aliphatic carboxylic acids is 1. The molecule has 1 atom stereocenters. The minimum Gasteiger partial charge on any atom is -0.481 e. The van der Waals surface area contributed by atoms with E-state index in [1.54, 1.807) is 31.2 Å². The van der Waals surface area contributed by atoms with Crippen LogP contribution in [0, 0.1) is 0 Å². The van der Waals surface area contributed by atoms with Gasteiger partial charge >= 0.3 is 5.97 Å². The number of anilines is 1. The molecule has 0 heterocycles. The molecular formula is C11H14N2O3. The molecule has 1 amide bonds. The van der Waals surface area contributed by atoms with Crippen LogP contribution in [0.4, 0.5) is 5.69 Å². The molecule has 5 nitrogen and oxygen atoms in total. The third-order valence-electron chi connectivity index (χ3n) is 1.99. The Hall–Kier alpha value is -1.88. The summed E-state index contributed by atoms with van der Waals surface area (Å²) in [5.74, 6) is -1.15. The fourth-order valence-electron chi connectivity index (χ4n) is 1.14. The number of nitrogens with one attached hydrogen (secondary N) is 1. The van der Waals surface area contributed by atoms with Gasteiger partial charge in [0.1, 0.15) is 0 Å². The third kappa shape index (κ3) is 3.70. The van der Waals surface area contributed by atoms with Crippen molar-refractivity contribution in [3.63, 3.8) is 0 Å². The summed E-state index contributed by atoms with van der Waals surface area (Å²) in [5, 5.41) is 11.2. The van der Waals surface area contributed by atoms with Crippen molar-refractivity contribution < 1.29 is 14.7 Å². The Morgan fingerprint density at radius 2 is 1.94 bits per heavy atom. The highest BCUT2D eigenvalue weighted by atomic mass is 16.4. The fraction of sp³-hybridized carbons (Fsp3) is 0.273. The second-order valence-corrected chi connectivity index (χ2v) is 3.55. The van der Waals surface area contributed by atoms with E-state index < -0.39 is 12.0 Å². The van der Waals surface area contributed by atoms with Gasteiger partial charge in [-0.1, -0.05) is 12.1 Å². The van der Waals surface area contributed by atoms with Crippen molar-refractivity contribution in [3.05, 3.63) is 29.8 Å². The van der Waals surface area contributed by atoms with Crippen molar-refractivity contribution in [1.82, 2.24) is 0 Å². The summed E-state index contributed by atoms with van der Waals surface area (Å²) in [6.45, 7) is 1.59. The SMILES string of the molecule is CC(N)C(=O)Nc1ccc(CC(=O)O)cc1. The molecule has 0 aliphatic heterocycles. The quantitative estimate of drug-likeness (QED) is 0.695. The van der Waals surface area contributed by atoms with Gasteiger partial charge in [0, 0.05) is 5.69 Å². The summed E-state index contributed by atoms with van der Waals surface area (Å²) in [5.41, 5.74) is 6.68. The van der Waals surface area contributed by atoms with Crippen molar-refractivity contribution >= 4 is 17.6 Å². The molecule has 0 radical (unpaired) electrons. The summed E-state index contributed by atoms with van der Waals surface area (Å²) in [7, 11) is 0. The number of hydrogen-bond donors (Lipinski definition) is 3. The Morgan fingerprint density at radius 3 is 2.38 bits per heavy atom. The maximum absolute atomic E-state index is 11.2. The van der Waals surface area contributed by atoms with Gasteiger partial charge in [-0.15, -0.1) is 0 Å². The normalized spacial score (nSPS) is 11.9. The Kier molecular flexibility index (Phi) is 4.02. The predicted molar refractivity (Wildman–Crippen MR) is 60.1 cm³/mol. The van der Waals surface area contributed by atoms with Crippen LogP contribution in [0.15, 0.2) is 24.3 Å². The van der Waals surface area contributed by atoms with Gasteiger partial charge in [0.15, 0.2) is 0 Å². The molecule has 1 aromatic carbocycles. The number of amides is 1. The van der Waals surface area contributed by atoms with Gasteiger partial charge in [-0.25, -0.2) is 0 Å². The molecule has 1 aromatic rings. The predicted octanol–water partition coefficient (Wildman–Crippen LogP) is 0.599. The summed E-state index contributed by atoms with van der Waals surface area (Å²) < 4.78 is 0. The minimum absolute atomic E-state index is 0.0263. The first-order chi connectivity index (χ1) is 7.49. The second kappa shape index (κ2) is 5.27. The van der Waals surface area contributed by atoms with Crippen LogP contribution in [0.3, 0.4) is 0 Å². The van der Waals surface area contributed by atoms with Gasteiger partial charge in [-0.2, -0.15) is 0 Å². The smallest absolute Gasteiger partial charge is 0.307 e. The van der Waals surface area contributed by atoms with E-state index >= 15 is 0 Å². The van der Waals surface area contributed by atoms with Gasteiger partial charge in [0.25, 0.3) is 0 Å². The number of carbonyl (C=O) groups excluding carboxylic acids is 1. The topological polar surface area (TPSA) is 92.4 Å². The number of carboxylic acid groups (broad SMARTS) is 1. The minimum atomic E-state index is -0.882. The van der Waals surface area contributed by atoms with Gasteiger partial charge in [-0.05, 0) is 24.6 Å². The Labute approximate surface area is 93.3 Å². The molecule has 16 heavy (non-hydrogen) atoms. The molecule has 0 aromatic heterocycles. The lowest BCUT2D eigenvalue weighted by Gasteiger charge is -2.07. The summed E-state index contributed by atoms with van der Waals surface area (Å²) in [6.07, 6.45) is -0.0263. The number of nitrogens with two attached hydrogens (primary N) is 1. The summed E-state index contributed by atoms with van der Waals surface area (Å²) in [4.78, 5) is 21.7. The van der Waals surface area contributed by atoms with Crippen molar-refractivity contribution in [3.8, 4) is 0 Å². The number of rotatable bonds is 4. The number of hydrogen-bond acceptors (Lipinski definition) is 3. The maximum Gasteiger partial charge on any atom is 0.307 e. The van der Waals surface area contributed by atoms with Gasteiger partial charge in [0.05, 0.1) is 12.5 Å². The number of carboxylic acids is 1. The second-order valence-electron chi connectivity index (χ2n) is 3.55. The average Bonchev–Trinajstić information content (AvgIpc) is 2.20. The average molecular weight is 222 g/mol. The van der Waals surface area contributed by atoms with E-state index in [1.807, 2.05) is 0 Å². The zero-order chi connectivity index (χ0) is 12.1. The third-order valence-corrected chi connectivity index (χ3v) is 1.99. The Balaban J connectivity index is 2.64. The number of carbonyl (C=O) groups is 2. The van der Waals surface area contributed by atoms with E-state index in [4.69, 9.17) is 10.8 Å². The van der Waals surface area contributed by atoms with E-state index in [9.17, 15) is 9.59 Å². The summed E-state index contributed by atoms with van der Waals surface area (Å²) >= 11 is 0. The van der Waals surface area contributed by atoms with Crippen molar-refractivity contribution in [2.24, 2.45) is 5.73 Å². The van der Waals surface area contributed by atoms with Crippen molar-refractivity contribution in [2.45, 2.75) is 19.4 Å². The van der Waals surface area contributed by atoms with Crippen molar-refractivity contribution in [2.75, 3.05) is 5.32 Å². The molecule has 86 valence electrons. The summed E-state index contributed by atoms with van der Waals surface area (Å²) in [6, 6.07) is 6.05. The molecule has 0 bridgehead atoms. The van der Waals surface area contributed by atoms with E-state index in [-0.39, 0.29) is 12.3 Å². The molecule has 4 N–H and O–H groups in total. The van der Waals surface area contributed by atoms with E-state index in [2.05, 4.69) is 5.32 Å². The first kappa shape index (κ1) is 12.2. The molecule has 0 fully saturated rings. The molecule has 0 saturated heterocycles. The van der Waals surface area contributed by atoms with E-state index in [0.29, 0.717) is 11.3 Å².